The molecule has 118 valence electrons. The van der Waals surface area contributed by atoms with Crippen LogP contribution in [0.2, 0.25) is 0 Å². The van der Waals surface area contributed by atoms with Gasteiger partial charge in [-0.25, -0.2) is 0 Å². The number of carbonyl (C=O) groups excluding carboxylic acids is 2. The topological polar surface area (TPSA) is 43.4 Å². The maximum absolute atomic E-state index is 11.6. The smallest absolute Gasteiger partial charge is 0.306 e. The Balaban J connectivity index is 0.00000116. The lowest BCUT2D eigenvalue weighted by Crippen LogP contribution is -2.12. The number of methoxy groups -OCH3 is 1. The van der Waals surface area contributed by atoms with Gasteiger partial charge in [-0.05, 0) is 23.3 Å². The van der Waals surface area contributed by atoms with Crippen LogP contribution >= 0.6 is 0 Å². The number of ether oxygens (including phenoxy) is 1. The summed E-state index contributed by atoms with van der Waals surface area (Å²) in [5.41, 5.74) is 1.03. The van der Waals surface area contributed by atoms with Gasteiger partial charge in [0, 0.05) is 12.3 Å². The third-order valence-corrected chi connectivity index (χ3v) is 3.44. The highest BCUT2D eigenvalue weighted by Crippen LogP contribution is 2.30. The van der Waals surface area contributed by atoms with Crippen LogP contribution in [0.4, 0.5) is 0 Å². The van der Waals surface area contributed by atoms with Crippen LogP contribution in [0.1, 0.15) is 45.1 Å². The predicted octanol–water partition coefficient (Wildman–Crippen LogP) is 4.49. The number of rotatable bonds is 5. The summed E-state index contributed by atoms with van der Waals surface area (Å²) < 4.78 is 4.75. The molecule has 0 heterocycles. The average molecular weight is 300 g/mol. The first-order valence-corrected chi connectivity index (χ1v) is 7.65. The van der Waals surface area contributed by atoms with Crippen LogP contribution in [-0.2, 0) is 14.3 Å². The minimum absolute atomic E-state index is 0.0758. The van der Waals surface area contributed by atoms with Gasteiger partial charge in [0.2, 0.25) is 0 Å². The third kappa shape index (κ3) is 4.69. The van der Waals surface area contributed by atoms with E-state index in [1.807, 2.05) is 56.3 Å². The Labute approximate surface area is 132 Å². The van der Waals surface area contributed by atoms with Crippen molar-refractivity contribution in [3.63, 3.8) is 0 Å². The molecule has 0 saturated carbocycles. The van der Waals surface area contributed by atoms with E-state index in [0.717, 1.165) is 16.3 Å². The largest absolute Gasteiger partial charge is 0.469 e. The number of esters is 1. The van der Waals surface area contributed by atoms with Crippen molar-refractivity contribution in [2.24, 2.45) is 0 Å². The zero-order valence-corrected chi connectivity index (χ0v) is 13.8. The van der Waals surface area contributed by atoms with Gasteiger partial charge in [0.25, 0.3) is 0 Å². The number of hydrogen-bond donors (Lipinski definition) is 0. The standard InChI is InChI=1S/C17H18O3.C2H6/c1-12(18)10-14(11-17(19)20-2)16-9-5-7-13-6-3-4-8-15(13)16;1-2/h3-9,14H,10-11H2,1-2H3;1-2H3. The molecule has 0 saturated heterocycles. The van der Waals surface area contributed by atoms with Crippen LogP contribution in [0, 0.1) is 0 Å². The van der Waals surface area contributed by atoms with E-state index in [9.17, 15) is 9.59 Å². The molecule has 2 rings (SSSR count). The van der Waals surface area contributed by atoms with Crippen LogP contribution in [-0.4, -0.2) is 18.9 Å². The summed E-state index contributed by atoms with van der Waals surface area (Å²) in [5.74, 6) is -0.345. The molecule has 0 amide bonds. The number of fused-ring (bicyclic) bond motifs is 1. The molecule has 0 aliphatic carbocycles. The summed E-state index contributed by atoms with van der Waals surface area (Å²) in [6.07, 6.45) is 0.577. The Bertz CT molecular complexity index is 626. The Kier molecular flexibility index (Phi) is 7.30. The summed E-state index contributed by atoms with van der Waals surface area (Å²) in [6.45, 7) is 5.55. The second-order valence-corrected chi connectivity index (χ2v) is 4.95. The van der Waals surface area contributed by atoms with Crippen molar-refractivity contribution in [1.82, 2.24) is 0 Å². The van der Waals surface area contributed by atoms with Gasteiger partial charge in [-0.15, -0.1) is 0 Å². The van der Waals surface area contributed by atoms with Crippen molar-refractivity contribution in [2.45, 2.75) is 39.5 Å². The van der Waals surface area contributed by atoms with Crippen LogP contribution in [0.3, 0.4) is 0 Å². The van der Waals surface area contributed by atoms with Crippen molar-refractivity contribution in [3.05, 3.63) is 48.0 Å². The lowest BCUT2D eigenvalue weighted by molar-refractivity contribution is -0.141. The molecule has 22 heavy (non-hydrogen) atoms. The number of benzene rings is 2. The highest BCUT2D eigenvalue weighted by Gasteiger charge is 2.20. The van der Waals surface area contributed by atoms with E-state index in [1.165, 1.54) is 7.11 Å². The first-order valence-electron chi connectivity index (χ1n) is 7.65. The van der Waals surface area contributed by atoms with Gasteiger partial charge in [0.1, 0.15) is 5.78 Å². The lowest BCUT2D eigenvalue weighted by atomic mass is 9.87. The molecule has 0 spiro atoms. The second kappa shape index (κ2) is 8.98. The average Bonchev–Trinajstić information content (AvgIpc) is 2.55. The Morgan fingerprint density at radius 2 is 1.64 bits per heavy atom. The molecule has 3 nitrogen and oxygen atoms in total. The van der Waals surface area contributed by atoms with Gasteiger partial charge >= 0.3 is 5.97 Å². The van der Waals surface area contributed by atoms with E-state index in [4.69, 9.17) is 4.74 Å². The van der Waals surface area contributed by atoms with Gasteiger partial charge < -0.3 is 9.53 Å². The Morgan fingerprint density at radius 3 is 2.27 bits per heavy atom. The monoisotopic (exact) mass is 300 g/mol. The summed E-state index contributed by atoms with van der Waals surface area (Å²) in [7, 11) is 1.37. The lowest BCUT2D eigenvalue weighted by Gasteiger charge is -2.17. The molecule has 0 radical (unpaired) electrons. The van der Waals surface area contributed by atoms with Crippen LogP contribution in [0.15, 0.2) is 42.5 Å². The fourth-order valence-corrected chi connectivity index (χ4v) is 2.53. The molecular weight excluding hydrogens is 276 g/mol. The fourth-order valence-electron chi connectivity index (χ4n) is 2.53. The first kappa shape index (κ1) is 17.9. The third-order valence-electron chi connectivity index (χ3n) is 3.44. The van der Waals surface area contributed by atoms with Crippen molar-refractivity contribution < 1.29 is 14.3 Å². The second-order valence-electron chi connectivity index (χ2n) is 4.95. The molecule has 0 aromatic heterocycles. The van der Waals surface area contributed by atoms with Crippen molar-refractivity contribution >= 4 is 22.5 Å². The van der Waals surface area contributed by atoms with E-state index in [2.05, 4.69) is 0 Å². The highest BCUT2D eigenvalue weighted by atomic mass is 16.5. The SMILES string of the molecule is CC.COC(=O)CC(CC(C)=O)c1cccc2ccccc12. The molecule has 0 aliphatic heterocycles. The van der Waals surface area contributed by atoms with Gasteiger partial charge in [-0.3, -0.25) is 4.79 Å². The summed E-state index contributed by atoms with van der Waals surface area (Å²) in [5, 5.41) is 2.20. The van der Waals surface area contributed by atoms with Crippen molar-refractivity contribution in [1.29, 1.82) is 0 Å². The number of carbonyl (C=O) groups is 2. The van der Waals surface area contributed by atoms with Gasteiger partial charge in [0.05, 0.1) is 13.5 Å². The molecule has 2 aromatic carbocycles. The predicted molar refractivity (Wildman–Crippen MR) is 90.0 cm³/mol. The van der Waals surface area contributed by atoms with E-state index >= 15 is 0 Å². The van der Waals surface area contributed by atoms with E-state index < -0.39 is 0 Å². The van der Waals surface area contributed by atoms with Gasteiger partial charge in [0.15, 0.2) is 0 Å². The highest BCUT2D eigenvalue weighted by molar-refractivity contribution is 5.88. The van der Waals surface area contributed by atoms with E-state index in [-0.39, 0.29) is 24.1 Å². The first-order chi connectivity index (χ1) is 10.6. The summed E-state index contributed by atoms with van der Waals surface area (Å²) >= 11 is 0. The van der Waals surface area contributed by atoms with E-state index in [1.54, 1.807) is 6.92 Å². The Hall–Kier alpha value is -2.16. The summed E-state index contributed by atoms with van der Waals surface area (Å²) in [4.78, 5) is 23.1. The quantitative estimate of drug-likeness (QED) is 0.764. The molecule has 0 N–H and O–H groups in total. The van der Waals surface area contributed by atoms with Crippen LogP contribution in [0.5, 0.6) is 0 Å². The minimum atomic E-state index is -0.288. The summed E-state index contributed by atoms with van der Waals surface area (Å²) in [6, 6.07) is 14.0. The molecular formula is C19H24O3. The van der Waals surface area contributed by atoms with Crippen LogP contribution < -0.4 is 0 Å². The maximum Gasteiger partial charge on any atom is 0.306 e. The Morgan fingerprint density at radius 1 is 1.00 bits per heavy atom. The minimum Gasteiger partial charge on any atom is -0.469 e. The number of Topliss-reactive ketones (excluding diaryl/α,β-unsaturated/α-hetero) is 1. The number of hydrogen-bond acceptors (Lipinski definition) is 3. The number of ketones is 1. The molecule has 3 heteroatoms. The van der Waals surface area contributed by atoms with Crippen LogP contribution in [0.25, 0.3) is 10.8 Å². The van der Waals surface area contributed by atoms with Gasteiger partial charge in [-0.2, -0.15) is 0 Å². The fraction of sp³-hybridized carbons (Fsp3) is 0.368. The molecule has 1 atom stereocenters. The molecule has 1 unspecified atom stereocenters. The van der Waals surface area contributed by atoms with E-state index in [0.29, 0.717) is 6.42 Å². The van der Waals surface area contributed by atoms with Gasteiger partial charge in [-0.1, -0.05) is 56.3 Å². The maximum atomic E-state index is 11.6. The molecule has 2 aromatic rings. The molecule has 0 bridgehead atoms. The zero-order chi connectivity index (χ0) is 16.5. The molecule has 0 fully saturated rings. The zero-order valence-electron chi connectivity index (χ0n) is 13.8. The van der Waals surface area contributed by atoms with Crippen molar-refractivity contribution in [3.8, 4) is 0 Å². The molecule has 0 aliphatic rings. The normalized spacial score (nSPS) is 11.3. The van der Waals surface area contributed by atoms with Crippen molar-refractivity contribution in [2.75, 3.05) is 7.11 Å².